The highest BCUT2D eigenvalue weighted by Gasteiger charge is 2.25. The van der Waals surface area contributed by atoms with Crippen molar-refractivity contribution in [3.63, 3.8) is 0 Å². The third-order valence-electron chi connectivity index (χ3n) is 2.74. The predicted octanol–water partition coefficient (Wildman–Crippen LogP) is 1.98. The van der Waals surface area contributed by atoms with Crippen molar-refractivity contribution in [1.29, 1.82) is 0 Å². The van der Waals surface area contributed by atoms with Gasteiger partial charge in [-0.25, -0.2) is 0 Å². The third-order valence-corrected chi connectivity index (χ3v) is 2.74. The molecule has 0 saturated heterocycles. The lowest BCUT2D eigenvalue weighted by Crippen LogP contribution is -2.21. The van der Waals surface area contributed by atoms with Crippen molar-refractivity contribution < 1.29 is 19.7 Å². The minimum absolute atomic E-state index is 0.394. The van der Waals surface area contributed by atoms with Crippen LogP contribution < -0.4 is 0 Å². The summed E-state index contributed by atoms with van der Waals surface area (Å²) in [6.07, 6.45) is -0.584. The summed E-state index contributed by atoms with van der Waals surface area (Å²) in [6, 6.07) is 7.18. The van der Waals surface area contributed by atoms with Gasteiger partial charge in [0.2, 0.25) is 0 Å². The van der Waals surface area contributed by atoms with E-state index in [0.717, 1.165) is 5.56 Å². The maximum Gasteiger partial charge on any atom is 0.309 e. The number of aliphatic hydroxyl groups is 1. The highest BCUT2D eigenvalue weighted by Crippen LogP contribution is 2.25. The standard InChI is InChI=1S/C13H18O4/c1-3-11(13(15)16)12(14)10-6-4-5-9(7-10)8-17-2/h4-7,11-12,14H,3,8H2,1-2H3,(H,15,16). The van der Waals surface area contributed by atoms with Gasteiger partial charge in [0.15, 0.2) is 0 Å². The van der Waals surface area contributed by atoms with Gasteiger partial charge in [-0.3, -0.25) is 4.79 Å². The zero-order valence-electron chi connectivity index (χ0n) is 10.1. The Balaban J connectivity index is 2.90. The Bertz CT molecular complexity index is 375. The molecule has 0 heterocycles. The molecular weight excluding hydrogens is 220 g/mol. The molecule has 0 fully saturated rings. The Morgan fingerprint density at radius 2 is 2.18 bits per heavy atom. The van der Waals surface area contributed by atoms with Crippen LogP contribution in [0.5, 0.6) is 0 Å². The number of rotatable bonds is 6. The number of hydrogen-bond donors (Lipinski definition) is 2. The fourth-order valence-electron chi connectivity index (χ4n) is 1.80. The van der Waals surface area contributed by atoms with Gasteiger partial charge in [0, 0.05) is 7.11 Å². The van der Waals surface area contributed by atoms with E-state index in [1.165, 1.54) is 0 Å². The second-order valence-electron chi connectivity index (χ2n) is 3.98. The van der Waals surface area contributed by atoms with Crippen molar-refractivity contribution in [3.8, 4) is 0 Å². The van der Waals surface area contributed by atoms with Crippen molar-refractivity contribution >= 4 is 5.97 Å². The number of aliphatic carboxylic acids is 1. The van der Waals surface area contributed by atoms with Crippen LogP contribution in [0.1, 0.15) is 30.6 Å². The minimum Gasteiger partial charge on any atom is -0.481 e. The Labute approximate surface area is 101 Å². The summed E-state index contributed by atoms with van der Waals surface area (Å²) in [6.45, 7) is 2.20. The van der Waals surface area contributed by atoms with Crippen LogP contribution in [0.25, 0.3) is 0 Å². The molecule has 17 heavy (non-hydrogen) atoms. The first kappa shape index (κ1) is 13.7. The second-order valence-corrected chi connectivity index (χ2v) is 3.98. The van der Waals surface area contributed by atoms with E-state index in [4.69, 9.17) is 9.84 Å². The van der Waals surface area contributed by atoms with E-state index in [-0.39, 0.29) is 0 Å². The number of ether oxygens (including phenoxy) is 1. The zero-order valence-corrected chi connectivity index (χ0v) is 10.1. The molecule has 4 nitrogen and oxygen atoms in total. The Kier molecular flexibility index (Phi) is 5.12. The van der Waals surface area contributed by atoms with Gasteiger partial charge in [0.25, 0.3) is 0 Å². The highest BCUT2D eigenvalue weighted by molar-refractivity contribution is 5.71. The van der Waals surface area contributed by atoms with E-state index >= 15 is 0 Å². The molecule has 0 aromatic heterocycles. The Morgan fingerprint density at radius 3 is 2.71 bits per heavy atom. The Morgan fingerprint density at radius 1 is 1.47 bits per heavy atom. The molecule has 0 bridgehead atoms. The minimum atomic E-state index is -0.977. The molecule has 0 saturated carbocycles. The first-order valence-electron chi connectivity index (χ1n) is 5.58. The molecule has 0 radical (unpaired) electrons. The lowest BCUT2D eigenvalue weighted by molar-refractivity contribution is -0.146. The van der Waals surface area contributed by atoms with Crippen LogP contribution in [0.4, 0.5) is 0 Å². The molecule has 4 heteroatoms. The fraction of sp³-hybridized carbons (Fsp3) is 0.462. The summed E-state index contributed by atoms with van der Waals surface area (Å²) in [5.41, 5.74) is 1.54. The van der Waals surface area contributed by atoms with Gasteiger partial charge in [-0.05, 0) is 17.5 Å². The van der Waals surface area contributed by atoms with E-state index in [1.54, 1.807) is 32.2 Å². The van der Waals surface area contributed by atoms with Crippen molar-refractivity contribution in [2.24, 2.45) is 5.92 Å². The molecule has 94 valence electrons. The normalized spacial score (nSPS) is 14.3. The van der Waals surface area contributed by atoms with Crippen LogP contribution in [0.2, 0.25) is 0 Å². The zero-order chi connectivity index (χ0) is 12.8. The summed E-state index contributed by atoms with van der Waals surface area (Å²) in [5.74, 6) is -1.75. The average Bonchev–Trinajstić information content (AvgIpc) is 2.30. The van der Waals surface area contributed by atoms with E-state index in [0.29, 0.717) is 18.6 Å². The van der Waals surface area contributed by atoms with Crippen molar-refractivity contribution in [1.82, 2.24) is 0 Å². The molecule has 2 atom stereocenters. The molecule has 0 amide bonds. The number of carboxylic acids is 1. The molecule has 2 N–H and O–H groups in total. The number of methoxy groups -OCH3 is 1. The lowest BCUT2D eigenvalue weighted by Gasteiger charge is -2.18. The summed E-state index contributed by atoms with van der Waals surface area (Å²) in [4.78, 5) is 11.0. The van der Waals surface area contributed by atoms with Crippen molar-refractivity contribution in [2.45, 2.75) is 26.1 Å². The van der Waals surface area contributed by atoms with Gasteiger partial charge < -0.3 is 14.9 Å². The molecule has 2 unspecified atom stereocenters. The van der Waals surface area contributed by atoms with Crippen LogP contribution in [-0.4, -0.2) is 23.3 Å². The Hall–Kier alpha value is -1.39. The monoisotopic (exact) mass is 238 g/mol. The molecule has 0 aliphatic heterocycles. The summed E-state index contributed by atoms with van der Waals surface area (Å²) in [5, 5.41) is 19.0. The van der Waals surface area contributed by atoms with Crippen LogP contribution in [0.3, 0.4) is 0 Å². The van der Waals surface area contributed by atoms with Crippen LogP contribution in [0, 0.1) is 5.92 Å². The number of benzene rings is 1. The van der Waals surface area contributed by atoms with Gasteiger partial charge in [-0.2, -0.15) is 0 Å². The number of hydrogen-bond acceptors (Lipinski definition) is 3. The molecule has 0 spiro atoms. The first-order valence-corrected chi connectivity index (χ1v) is 5.58. The van der Waals surface area contributed by atoms with Crippen LogP contribution in [-0.2, 0) is 16.1 Å². The largest absolute Gasteiger partial charge is 0.481 e. The third kappa shape index (κ3) is 3.54. The number of carbonyl (C=O) groups is 1. The number of aliphatic hydroxyl groups excluding tert-OH is 1. The van der Waals surface area contributed by atoms with Gasteiger partial charge in [0.1, 0.15) is 0 Å². The van der Waals surface area contributed by atoms with Gasteiger partial charge in [-0.15, -0.1) is 0 Å². The molecule has 0 aliphatic carbocycles. The molecule has 1 aromatic rings. The molecular formula is C13H18O4. The average molecular weight is 238 g/mol. The molecule has 0 aliphatic rings. The quantitative estimate of drug-likeness (QED) is 0.795. The molecule has 1 aromatic carbocycles. The van der Waals surface area contributed by atoms with Gasteiger partial charge in [-0.1, -0.05) is 31.2 Å². The van der Waals surface area contributed by atoms with Crippen molar-refractivity contribution in [3.05, 3.63) is 35.4 Å². The predicted molar refractivity (Wildman–Crippen MR) is 63.5 cm³/mol. The smallest absolute Gasteiger partial charge is 0.309 e. The highest BCUT2D eigenvalue weighted by atomic mass is 16.5. The maximum atomic E-state index is 11.0. The first-order chi connectivity index (χ1) is 8.10. The van der Waals surface area contributed by atoms with Crippen LogP contribution >= 0.6 is 0 Å². The van der Waals surface area contributed by atoms with E-state index in [1.807, 2.05) is 6.07 Å². The number of carboxylic acid groups (broad SMARTS) is 1. The van der Waals surface area contributed by atoms with Gasteiger partial charge >= 0.3 is 5.97 Å². The van der Waals surface area contributed by atoms with E-state index in [9.17, 15) is 9.90 Å². The summed E-state index contributed by atoms with van der Waals surface area (Å²) in [7, 11) is 1.59. The van der Waals surface area contributed by atoms with E-state index < -0.39 is 18.0 Å². The molecule has 1 rings (SSSR count). The van der Waals surface area contributed by atoms with E-state index in [2.05, 4.69) is 0 Å². The van der Waals surface area contributed by atoms with Crippen LogP contribution in [0.15, 0.2) is 24.3 Å². The fourth-order valence-corrected chi connectivity index (χ4v) is 1.80. The summed E-state index contributed by atoms with van der Waals surface area (Å²) < 4.78 is 5.00. The SMILES string of the molecule is CCC(C(=O)O)C(O)c1cccc(COC)c1. The van der Waals surface area contributed by atoms with Crippen molar-refractivity contribution in [2.75, 3.05) is 7.11 Å². The summed E-state index contributed by atoms with van der Waals surface area (Å²) >= 11 is 0. The lowest BCUT2D eigenvalue weighted by atomic mass is 9.93. The van der Waals surface area contributed by atoms with Gasteiger partial charge in [0.05, 0.1) is 18.6 Å². The topological polar surface area (TPSA) is 66.8 Å². The second kappa shape index (κ2) is 6.37. The maximum absolute atomic E-state index is 11.0.